The first-order valence-electron chi connectivity index (χ1n) is 11.1. The van der Waals surface area contributed by atoms with Gasteiger partial charge in [0.2, 0.25) is 0 Å². The van der Waals surface area contributed by atoms with Gasteiger partial charge < -0.3 is 19.4 Å². The van der Waals surface area contributed by atoms with Crippen LogP contribution in [0.25, 0.3) is 0 Å². The van der Waals surface area contributed by atoms with Crippen LogP contribution in [-0.4, -0.2) is 66.6 Å². The summed E-state index contributed by atoms with van der Waals surface area (Å²) in [5.74, 6) is -0.253. The molecule has 1 atom stereocenters. The van der Waals surface area contributed by atoms with Gasteiger partial charge in [-0.3, -0.25) is 0 Å². The summed E-state index contributed by atoms with van der Waals surface area (Å²) in [6.45, 7) is 15.5. The number of carbonyl (C=O) groups excluding carboxylic acids is 2. The number of carbonyl (C=O) groups is 2. The van der Waals surface area contributed by atoms with Crippen molar-refractivity contribution in [2.24, 2.45) is 0 Å². The van der Waals surface area contributed by atoms with Crippen LogP contribution in [0.2, 0.25) is 0 Å². The second kappa shape index (κ2) is 8.32. The topological polar surface area (TPSA) is 73.9 Å². The van der Waals surface area contributed by atoms with E-state index >= 15 is 0 Å². The maximum Gasteiger partial charge on any atom is 0.524 e. The van der Waals surface area contributed by atoms with Crippen LogP contribution in [0, 0.1) is 0 Å². The third-order valence-electron chi connectivity index (χ3n) is 6.35. The predicted octanol–water partition coefficient (Wildman–Crippen LogP) is 2.87. The summed E-state index contributed by atoms with van der Waals surface area (Å²) >= 11 is 0. The molecule has 2 aliphatic heterocycles. The molecule has 2 amide bonds. The summed E-state index contributed by atoms with van der Waals surface area (Å²) in [4.78, 5) is 27.1. The molecule has 1 unspecified atom stereocenters. The van der Waals surface area contributed by atoms with Crippen LogP contribution >= 0.6 is 0 Å². The summed E-state index contributed by atoms with van der Waals surface area (Å²) in [6.07, 6.45) is 0.212. The number of nitrogens with zero attached hydrogens (tertiary/aromatic N) is 1. The Kier molecular flexibility index (Phi) is 6.42. The molecule has 1 aromatic rings. The van der Waals surface area contributed by atoms with E-state index in [1.165, 1.54) is 0 Å². The molecule has 8 heteroatoms. The minimum absolute atomic E-state index is 0.253. The first-order chi connectivity index (χ1) is 14.3. The molecule has 31 heavy (non-hydrogen) atoms. The standard InChI is InChI=1S/C23H36BN2O5/c1-21(2,3)29-20(28)26(14-9-12-25-13-15-26)19(27)17-10-8-11-18(16-17)24-30-22(4,5)23(6,7)31-24/h8,10-11,16,25H,9,12-15H2,1-7H3/q+1. The normalized spacial score (nSPS) is 25.7. The Morgan fingerprint density at radius 1 is 1.06 bits per heavy atom. The van der Waals surface area contributed by atoms with Crippen LogP contribution in [0.1, 0.15) is 65.2 Å². The van der Waals surface area contributed by atoms with Gasteiger partial charge in [0, 0.05) is 19.5 Å². The number of rotatable bonds is 2. The molecular weight excluding hydrogens is 395 g/mol. The Bertz CT molecular complexity index is 823. The van der Waals surface area contributed by atoms with Crippen LogP contribution in [-0.2, 0) is 14.0 Å². The SMILES string of the molecule is CC(C)(C)OC(=O)[N+]1(C(=O)c2cccc(B3OC(C)(C)C(C)(C)O3)c2)CCCNCC1. The molecule has 2 saturated heterocycles. The fraction of sp³-hybridized carbons (Fsp3) is 0.652. The number of hydrogen-bond donors (Lipinski definition) is 1. The Morgan fingerprint density at radius 2 is 1.71 bits per heavy atom. The lowest BCUT2D eigenvalue weighted by molar-refractivity contribution is -0.774. The first kappa shape index (κ1) is 23.9. The molecule has 0 radical (unpaired) electrons. The lowest BCUT2D eigenvalue weighted by atomic mass is 9.78. The number of nitrogens with one attached hydrogen (secondary N) is 1. The number of ether oxygens (including phenoxy) is 1. The number of amides is 2. The highest BCUT2D eigenvalue weighted by Crippen LogP contribution is 2.36. The van der Waals surface area contributed by atoms with E-state index in [0.717, 1.165) is 12.0 Å². The first-order valence-corrected chi connectivity index (χ1v) is 11.1. The van der Waals surface area contributed by atoms with Crippen LogP contribution in [0.4, 0.5) is 4.79 Å². The largest absolute Gasteiger partial charge is 0.524 e. The van der Waals surface area contributed by atoms with Gasteiger partial charge in [0.05, 0.1) is 23.3 Å². The average Bonchev–Trinajstić information content (AvgIpc) is 2.83. The molecule has 2 heterocycles. The number of imide groups is 1. The van der Waals surface area contributed by atoms with E-state index in [0.29, 0.717) is 31.6 Å². The van der Waals surface area contributed by atoms with Crippen molar-refractivity contribution in [3.63, 3.8) is 0 Å². The van der Waals surface area contributed by atoms with E-state index in [1.54, 1.807) is 12.1 Å². The molecule has 0 aromatic heterocycles. The average molecular weight is 431 g/mol. The molecule has 7 nitrogen and oxygen atoms in total. The van der Waals surface area contributed by atoms with Gasteiger partial charge >= 0.3 is 19.1 Å². The van der Waals surface area contributed by atoms with Crippen LogP contribution in [0.5, 0.6) is 0 Å². The molecule has 3 rings (SSSR count). The van der Waals surface area contributed by atoms with Gasteiger partial charge in [0.25, 0.3) is 0 Å². The second-order valence-electron chi connectivity index (χ2n) is 10.5. The van der Waals surface area contributed by atoms with Gasteiger partial charge in [-0.15, -0.1) is 0 Å². The molecule has 1 N–H and O–H groups in total. The van der Waals surface area contributed by atoms with Gasteiger partial charge in [-0.25, -0.2) is 4.79 Å². The highest BCUT2D eigenvalue weighted by Gasteiger charge is 2.52. The number of benzene rings is 1. The maximum absolute atomic E-state index is 13.8. The zero-order valence-corrected chi connectivity index (χ0v) is 19.9. The van der Waals surface area contributed by atoms with Crippen molar-refractivity contribution in [1.82, 2.24) is 5.32 Å². The van der Waals surface area contributed by atoms with Gasteiger partial charge in [-0.1, -0.05) is 12.1 Å². The predicted molar refractivity (Wildman–Crippen MR) is 120 cm³/mol. The number of hydrogen-bond acceptors (Lipinski definition) is 6. The van der Waals surface area contributed by atoms with E-state index in [4.69, 9.17) is 14.0 Å². The zero-order valence-electron chi connectivity index (χ0n) is 19.9. The molecule has 1 aromatic carbocycles. The summed E-state index contributed by atoms with van der Waals surface area (Å²) in [5.41, 5.74) is -0.399. The summed E-state index contributed by atoms with van der Waals surface area (Å²) < 4.78 is 17.6. The maximum atomic E-state index is 13.8. The quantitative estimate of drug-likeness (QED) is 0.574. The summed E-state index contributed by atoms with van der Waals surface area (Å²) in [6, 6.07) is 7.24. The Balaban J connectivity index is 1.94. The van der Waals surface area contributed by atoms with Crippen LogP contribution in [0.15, 0.2) is 24.3 Å². The van der Waals surface area contributed by atoms with Gasteiger partial charge in [-0.2, -0.15) is 9.28 Å². The molecule has 2 fully saturated rings. The summed E-state index contributed by atoms with van der Waals surface area (Å²) in [5, 5.41) is 3.28. The minimum Gasteiger partial charge on any atom is -0.414 e. The highest BCUT2D eigenvalue weighted by molar-refractivity contribution is 6.62. The van der Waals surface area contributed by atoms with E-state index in [2.05, 4.69) is 5.32 Å². The van der Waals surface area contributed by atoms with E-state index in [1.807, 2.05) is 60.6 Å². The molecular formula is C23H36BN2O5+. The molecule has 0 spiro atoms. The van der Waals surface area contributed by atoms with Crippen molar-refractivity contribution < 1.29 is 28.1 Å². The number of quaternary nitrogens is 1. The van der Waals surface area contributed by atoms with Crippen LogP contribution in [0.3, 0.4) is 0 Å². The fourth-order valence-electron chi connectivity index (χ4n) is 3.84. The van der Waals surface area contributed by atoms with Gasteiger partial charge in [0.1, 0.15) is 12.1 Å². The Morgan fingerprint density at radius 3 is 2.32 bits per heavy atom. The van der Waals surface area contributed by atoms with E-state index in [-0.39, 0.29) is 10.4 Å². The molecule has 0 saturated carbocycles. The monoisotopic (exact) mass is 431 g/mol. The molecule has 2 aliphatic rings. The lowest BCUT2D eigenvalue weighted by Gasteiger charge is -2.33. The van der Waals surface area contributed by atoms with Crippen LogP contribution < -0.4 is 10.8 Å². The zero-order chi connectivity index (χ0) is 23.1. The minimum atomic E-state index is -0.674. The summed E-state index contributed by atoms with van der Waals surface area (Å²) in [7, 11) is -0.571. The third kappa shape index (κ3) is 4.87. The van der Waals surface area contributed by atoms with Crippen molar-refractivity contribution in [3.8, 4) is 0 Å². The van der Waals surface area contributed by atoms with Gasteiger partial charge in [-0.05, 0) is 66.1 Å². The lowest BCUT2D eigenvalue weighted by Crippen LogP contribution is -2.60. The second-order valence-corrected chi connectivity index (χ2v) is 10.5. The van der Waals surface area contributed by atoms with Crippen molar-refractivity contribution in [2.75, 3.05) is 26.2 Å². The third-order valence-corrected chi connectivity index (χ3v) is 6.35. The van der Waals surface area contributed by atoms with Crippen molar-refractivity contribution >= 4 is 24.6 Å². The molecule has 170 valence electrons. The Labute approximate surface area is 186 Å². The van der Waals surface area contributed by atoms with E-state index < -0.39 is 30.0 Å². The molecule has 0 aliphatic carbocycles. The fourth-order valence-corrected chi connectivity index (χ4v) is 3.84. The smallest absolute Gasteiger partial charge is 0.414 e. The highest BCUT2D eigenvalue weighted by atomic mass is 16.7. The van der Waals surface area contributed by atoms with Crippen molar-refractivity contribution in [2.45, 2.75) is 71.7 Å². The van der Waals surface area contributed by atoms with Gasteiger partial charge in [0.15, 0.2) is 0 Å². The van der Waals surface area contributed by atoms with E-state index in [9.17, 15) is 9.59 Å². The van der Waals surface area contributed by atoms with Crippen molar-refractivity contribution in [3.05, 3.63) is 29.8 Å². The Hall–Kier alpha value is -1.74. The van der Waals surface area contributed by atoms with Crippen molar-refractivity contribution in [1.29, 1.82) is 0 Å². The molecule has 0 bridgehead atoms.